The first-order valence-electron chi connectivity index (χ1n) is 9.82. The molecule has 2 saturated heterocycles. The summed E-state index contributed by atoms with van der Waals surface area (Å²) in [6, 6.07) is 4.88. The molecule has 0 radical (unpaired) electrons. The molecule has 28 heavy (non-hydrogen) atoms. The highest BCUT2D eigenvalue weighted by Crippen LogP contribution is 2.32. The van der Waals surface area contributed by atoms with Crippen molar-refractivity contribution < 1.29 is 22.8 Å². The number of halogens is 3. The van der Waals surface area contributed by atoms with E-state index >= 15 is 0 Å². The van der Waals surface area contributed by atoms with Gasteiger partial charge in [-0.05, 0) is 25.0 Å². The second-order valence-corrected chi connectivity index (χ2v) is 7.41. The standard InChI is InChI=1S/C20H26F3N3O2/c21-20(22,23)17-8-4-3-7-16(17)19(28)26-13-11-24(12-14-26)15-18(27)25-9-5-1-2-6-10-25/h3-4,7-8H,1-2,5-6,9-15H2. The normalized spacial score (nSPS) is 19.4. The van der Waals surface area contributed by atoms with Crippen LogP contribution in [-0.4, -0.2) is 72.3 Å². The summed E-state index contributed by atoms with van der Waals surface area (Å²) < 4.78 is 39.5. The van der Waals surface area contributed by atoms with Crippen molar-refractivity contribution in [3.63, 3.8) is 0 Å². The number of alkyl halides is 3. The minimum atomic E-state index is -4.56. The first-order chi connectivity index (χ1) is 13.4. The molecule has 2 aliphatic heterocycles. The summed E-state index contributed by atoms with van der Waals surface area (Å²) in [7, 11) is 0. The first kappa shape index (κ1) is 20.6. The van der Waals surface area contributed by atoms with Gasteiger partial charge in [-0.1, -0.05) is 25.0 Å². The maximum Gasteiger partial charge on any atom is 0.417 e. The van der Waals surface area contributed by atoms with Gasteiger partial charge in [-0.3, -0.25) is 14.5 Å². The number of rotatable bonds is 3. The van der Waals surface area contributed by atoms with Crippen LogP contribution in [0.4, 0.5) is 13.2 Å². The van der Waals surface area contributed by atoms with Crippen LogP contribution < -0.4 is 0 Å². The fraction of sp³-hybridized carbons (Fsp3) is 0.600. The zero-order chi connectivity index (χ0) is 20.1. The molecule has 2 fully saturated rings. The fourth-order valence-electron chi connectivity index (χ4n) is 3.81. The predicted octanol–water partition coefficient (Wildman–Crippen LogP) is 2.87. The molecule has 8 heteroatoms. The summed E-state index contributed by atoms with van der Waals surface area (Å²) in [5.74, 6) is -0.504. The Hall–Kier alpha value is -2.09. The van der Waals surface area contributed by atoms with Gasteiger partial charge in [-0.2, -0.15) is 13.2 Å². The predicted molar refractivity (Wildman–Crippen MR) is 98.8 cm³/mol. The highest BCUT2D eigenvalue weighted by Gasteiger charge is 2.36. The lowest BCUT2D eigenvalue weighted by Crippen LogP contribution is -2.51. The summed E-state index contributed by atoms with van der Waals surface area (Å²) >= 11 is 0. The molecule has 0 atom stereocenters. The average Bonchev–Trinajstić information content (AvgIpc) is 2.97. The Balaban J connectivity index is 1.55. The largest absolute Gasteiger partial charge is 0.417 e. The molecule has 0 unspecified atom stereocenters. The molecular formula is C20H26F3N3O2. The smallest absolute Gasteiger partial charge is 0.342 e. The number of carbonyl (C=O) groups excluding carboxylic acids is 2. The number of likely N-dealkylation sites (tertiary alicyclic amines) is 1. The molecule has 0 N–H and O–H groups in total. The van der Waals surface area contributed by atoms with E-state index in [0.717, 1.165) is 44.8 Å². The van der Waals surface area contributed by atoms with Crippen LogP contribution in [0.15, 0.2) is 24.3 Å². The van der Waals surface area contributed by atoms with Gasteiger partial charge >= 0.3 is 6.18 Å². The van der Waals surface area contributed by atoms with Crippen molar-refractivity contribution >= 4 is 11.8 Å². The van der Waals surface area contributed by atoms with E-state index in [1.165, 1.54) is 23.1 Å². The number of nitrogens with zero attached hydrogens (tertiary/aromatic N) is 3. The molecule has 0 spiro atoms. The van der Waals surface area contributed by atoms with Crippen molar-refractivity contribution in [1.82, 2.24) is 14.7 Å². The van der Waals surface area contributed by atoms with Crippen LogP contribution in [0.1, 0.15) is 41.6 Å². The van der Waals surface area contributed by atoms with Crippen LogP contribution >= 0.6 is 0 Å². The number of benzene rings is 1. The second-order valence-electron chi connectivity index (χ2n) is 7.41. The van der Waals surface area contributed by atoms with Gasteiger partial charge < -0.3 is 9.80 Å². The highest BCUT2D eigenvalue weighted by molar-refractivity contribution is 5.96. The molecule has 0 aromatic heterocycles. The third-order valence-corrected chi connectivity index (χ3v) is 5.44. The van der Waals surface area contributed by atoms with E-state index in [1.54, 1.807) is 0 Å². The van der Waals surface area contributed by atoms with Gasteiger partial charge in [0.25, 0.3) is 5.91 Å². The van der Waals surface area contributed by atoms with E-state index < -0.39 is 17.6 Å². The number of hydrogen-bond donors (Lipinski definition) is 0. The topological polar surface area (TPSA) is 43.9 Å². The Kier molecular flexibility index (Phi) is 6.59. The summed E-state index contributed by atoms with van der Waals surface area (Å²) in [5, 5.41) is 0. The molecule has 154 valence electrons. The van der Waals surface area contributed by atoms with Crippen molar-refractivity contribution in [3.8, 4) is 0 Å². The van der Waals surface area contributed by atoms with Crippen LogP contribution in [0.5, 0.6) is 0 Å². The van der Waals surface area contributed by atoms with Gasteiger partial charge in [-0.25, -0.2) is 0 Å². The van der Waals surface area contributed by atoms with Crippen molar-refractivity contribution in [2.75, 3.05) is 45.8 Å². The van der Waals surface area contributed by atoms with Gasteiger partial charge in [0, 0.05) is 39.3 Å². The molecule has 3 rings (SSSR count). The molecule has 0 bridgehead atoms. The molecule has 0 aliphatic carbocycles. The van der Waals surface area contributed by atoms with E-state index in [2.05, 4.69) is 0 Å². The molecule has 2 aliphatic rings. The maximum absolute atomic E-state index is 13.2. The van der Waals surface area contributed by atoms with E-state index in [9.17, 15) is 22.8 Å². The van der Waals surface area contributed by atoms with Gasteiger partial charge in [0.05, 0.1) is 17.7 Å². The minimum Gasteiger partial charge on any atom is -0.342 e. The Bertz CT molecular complexity index is 692. The van der Waals surface area contributed by atoms with Crippen molar-refractivity contribution in [2.24, 2.45) is 0 Å². The number of hydrogen-bond acceptors (Lipinski definition) is 3. The van der Waals surface area contributed by atoms with Crippen molar-refractivity contribution in [1.29, 1.82) is 0 Å². The van der Waals surface area contributed by atoms with Crippen molar-refractivity contribution in [3.05, 3.63) is 35.4 Å². The summed E-state index contributed by atoms with van der Waals surface area (Å²) in [6.45, 7) is 3.51. The molecule has 0 saturated carbocycles. The lowest BCUT2D eigenvalue weighted by atomic mass is 10.1. The fourth-order valence-corrected chi connectivity index (χ4v) is 3.81. The van der Waals surface area contributed by atoms with E-state index in [4.69, 9.17) is 0 Å². The zero-order valence-corrected chi connectivity index (χ0v) is 15.9. The number of carbonyl (C=O) groups is 2. The minimum absolute atomic E-state index is 0.101. The maximum atomic E-state index is 13.2. The number of amides is 2. The highest BCUT2D eigenvalue weighted by atomic mass is 19.4. The summed E-state index contributed by atoms with van der Waals surface area (Å²) in [4.78, 5) is 30.4. The molecular weight excluding hydrogens is 371 g/mol. The van der Waals surface area contributed by atoms with E-state index in [1.807, 2.05) is 9.80 Å². The SMILES string of the molecule is O=C(CN1CCN(C(=O)c2ccccc2C(F)(F)F)CC1)N1CCCCCC1. The molecule has 2 amide bonds. The second kappa shape index (κ2) is 8.94. The first-order valence-corrected chi connectivity index (χ1v) is 9.82. The molecule has 1 aromatic carbocycles. The quantitative estimate of drug-likeness (QED) is 0.788. The Morgan fingerprint density at radius 2 is 1.43 bits per heavy atom. The van der Waals surface area contributed by atoms with Crippen molar-refractivity contribution in [2.45, 2.75) is 31.9 Å². The van der Waals surface area contributed by atoms with Crippen LogP contribution in [0, 0.1) is 0 Å². The van der Waals surface area contributed by atoms with Gasteiger partial charge in [0.15, 0.2) is 0 Å². The van der Waals surface area contributed by atoms with Crippen LogP contribution in [0.25, 0.3) is 0 Å². The average molecular weight is 397 g/mol. The third-order valence-electron chi connectivity index (χ3n) is 5.44. The third kappa shape index (κ3) is 5.04. The molecule has 2 heterocycles. The lowest BCUT2D eigenvalue weighted by Gasteiger charge is -2.35. The number of piperazine rings is 1. The molecule has 5 nitrogen and oxygen atoms in total. The Morgan fingerprint density at radius 1 is 0.821 bits per heavy atom. The zero-order valence-electron chi connectivity index (χ0n) is 15.9. The summed E-state index contributed by atoms with van der Waals surface area (Å²) in [6.07, 6.45) is -0.180. The lowest BCUT2D eigenvalue weighted by molar-refractivity contribution is -0.138. The Morgan fingerprint density at radius 3 is 2.04 bits per heavy atom. The van der Waals surface area contributed by atoms with Crippen LogP contribution in [-0.2, 0) is 11.0 Å². The Labute approximate surface area is 163 Å². The van der Waals surface area contributed by atoms with Crippen LogP contribution in [0.2, 0.25) is 0 Å². The summed E-state index contributed by atoms with van der Waals surface area (Å²) in [5.41, 5.74) is -1.22. The van der Waals surface area contributed by atoms with Gasteiger partial charge in [-0.15, -0.1) is 0 Å². The van der Waals surface area contributed by atoms with Gasteiger partial charge in [0.2, 0.25) is 5.91 Å². The van der Waals surface area contributed by atoms with Crippen LogP contribution in [0.3, 0.4) is 0 Å². The van der Waals surface area contributed by atoms with Gasteiger partial charge in [0.1, 0.15) is 0 Å². The van der Waals surface area contributed by atoms with E-state index in [-0.39, 0.29) is 11.5 Å². The molecule has 1 aromatic rings. The monoisotopic (exact) mass is 397 g/mol. The van der Waals surface area contributed by atoms with E-state index in [0.29, 0.717) is 32.7 Å².